The molecule has 0 aliphatic heterocycles. The molecule has 8 nitrogen and oxygen atoms in total. The zero-order chi connectivity index (χ0) is 22.6. The third-order valence-corrected chi connectivity index (χ3v) is 5.31. The molecule has 2 N–H and O–H groups in total. The van der Waals surface area contributed by atoms with Crippen molar-refractivity contribution in [1.29, 1.82) is 0 Å². The second kappa shape index (κ2) is 9.35. The quantitative estimate of drug-likeness (QED) is 0.406. The van der Waals surface area contributed by atoms with E-state index in [0.717, 1.165) is 33.0 Å². The first-order valence-electron chi connectivity index (χ1n) is 10.3. The third-order valence-electron chi connectivity index (χ3n) is 4.40. The van der Waals surface area contributed by atoms with Crippen LogP contribution in [0.2, 0.25) is 0 Å². The van der Waals surface area contributed by atoms with Crippen LogP contribution in [0, 0.1) is 0 Å². The van der Waals surface area contributed by atoms with E-state index in [-0.39, 0.29) is 0 Å². The van der Waals surface area contributed by atoms with Gasteiger partial charge in [0.2, 0.25) is 5.95 Å². The van der Waals surface area contributed by atoms with Crippen LogP contribution < -0.4 is 10.6 Å². The number of rotatable bonds is 7. The van der Waals surface area contributed by atoms with Crippen molar-refractivity contribution in [3.63, 3.8) is 0 Å². The van der Waals surface area contributed by atoms with Crippen LogP contribution in [0.1, 0.15) is 32.0 Å². The molecule has 0 radical (unpaired) electrons. The molecule has 4 rings (SSSR count). The fourth-order valence-corrected chi connectivity index (χ4v) is 3.73. The highest BCUT2D eigenvalue weighted by atomic mass is 32.1. The van der Waals surface area contributed by atoms with Crippen molar-refractivity contribution >= 4 is 34.3 Å². The smallest absolute Gasteiger partial charge is 0.407 e. The number of amides is 1. The number of carbonyl (C=O) groups excluding carboxylic acids is 1. The number of ether oxygens (including phenoxy) is 1. The van der Waals surface area contributed by atoms with E-state index in [0.29, 0.717) is 25.5 Å². The van der Waals surface area contributed by atoms with Crippen LogP contribution in [-0.2, 0) is 17.7 Å². The number of thiazole rings is 1. The number of anilines is 1. The average Bonchev–Trinajstić information content (AvgIpc) is 3.38. The molecule has 0 unspecified atom stereocenters. The minimum atomic E-state index is -0.509. The predicted molar refractivity (Wildman–Crippen MR) is 125 cm³/mol. The number of para-hydroxylation sites is 1. The van der Waals surface area contributed by atoms with Crippen LogP contribution in [0.5, 0.6) is 0 Å². The number of alkyl carbamates (subject to hydrolysis) is 1. The van der Waals surface area contributed by atoms with Gasteiger partial charge in [-0.2, -0.15) is 0 Å². The molecular formula is C23H25N5O3S. The first kappa shape index (κ1) is 21.8. The van der Waals surface area contributed by atoms with Gasteiger partial charge in [-0.25, -0.2) is 19.7 Å². The molecule has 0 bridgehead atoms. The fourth-order valence-electron chi connectivity index (χ4n) is 2.96. The molecular weight excluding hydrogens is 426 g/mol. The van der Waals surface area contributed by atoms with Crippen molar-refractivity contribution in [1.82, 2.24) is 20.3 Å². The van der Waals surface area contributed by atoms with Crippen LogP contribution >= 0.6 is 11.3 Å². The molecule has 4 aromatic rings. The molecule has 0 fully saturated rings. The summed E-state index contributed by atoms with van der Waals surface area (Å²) in [7, 11) is 0. The number of carbonyl (C=O) groups is 1. The zero-order valence-electron chi connectivity index (χ0n) is 18.2. The van der Waals surface area contributed by atoms with E-state index in [9.17, 15) is 4.79 Å². The second-order valence-electron chi connectivity index (χ2n) is 8.24. The second-order valence-corrected chi connectivity index (χ2v) is 9.10. The van der Waals surface area contributed by atoms with Crippen molar-refractivity contribution in [2.75, 3.05) is 11.9 Å². The Morgan fingerprint density at radius 1 is 1.19 bits per heavy atom. The Morgan fingerprint density at radius 2 is 1.97 bits per heavy atom. The monoisotopic (exact) mass is 451 g/mol. The number of fused-ring (bicyclic) bond motifs is 1. The van der Waals surface area contributed by atoms with Gasteiger partial charge in [-0.05, 0) is 44.9 Å². The van der Waals surface area contributed by atoms with Gasteiger partial charge in [-0.3, -0.25) is 0 Å². The van der Waals surface area contributed by atoms with Crippen LogP contribution in [-0.4, -0.2) is 33.2 Å². The van der Waals surface area contributed by atoms with Crippen molar-refractivity contribution in [2.24, 2.45) is 0 Å². The molecule has 3 aromatic heterocycles. The van der Waals surface area contributed by atoms with E-state index >= 15 is 0 Å². The van der Waals surface area contributed by atoms with E-state index in [4.69, 9.17) is 9.15 Å². The molecule has 1 aromatic carbocycles. The highest BCUT2D eigenvalue weighted by molar-refractivity contribution is 7.13. The number of hydrogen-bond donors (Lipinski definition) is 2. The number of hydrogen-bond acceptors (Lipinski definition) is 8. The minimum absolute atomic E-state index is 0.429. The molecule has 0 aliphatic carbocycles. The first-order valence-corrected chi connectivity index (χ1v) is 11.2. The van der Waals surface area contributed by atoms with Gasteiger partial charge >= 0.3 is 6.09 Å². The fraction of sp³-hybridized carbons (Fsp3) is 0.304. The summed E-state index contributed by atoms with van der Waals surface area (Å²) in [5.41, 5.74) is 2.16. The lowest BCUT2D eigenvalue weighted by Gasteiger charge is -2.19. The van der Waals surface area contributed by atoms with Gasteiger partial charge in [0.1, 0.15) is 11.2 Å². The summed E-state index contributed by atoms with van der Waals surface area (Å²) in [6.45, 7) is 6.46. The number of furan rings is 1. The zero-order valence-corrected chi connectivity index (χ0v) is 19.0. The van der Waals surface area contributed by atoms with Gasteiger partial charge in [-0.1, -0.05) is 18.2 Å². The summed E-state index contributed by atoms with van der Waals surface area (Å²) in [5, 5.41) is 9.80. The number of aromatic nitrogens is 3. The van der Waals surface area contributed by atoms with Gasteiger partial charge in [0, 0.05) is 29.7 Å². The van der Waals surface area contributed by atoms with Gasteiger partial charge in [0.25, 0.3) is 0 Å². The maximum Gasteiger partial charge on any atom is 0.407 e. The van der Waals surface area contributed by atoms with Crippen LogP contribution in [0.25, 0.3) is 21.7 Å². The number of nitrogens with one attached hydrogen (secondary N) is 2. The first-order chi connectivity index (χ1) is 15.4. The normalized spacial score (nSPS) is 11.5. The van der Waals surface area contributed by atoms with Gasteiger partial charge in [0.15, 0.2) is 10.8 Å². The standard InChI is InChI=1S/C23H25N5O3S/c1-23(2,3)31-22(29)24-9-8-15-11-25-21(26-12-15)27-13-17-14-32-20(28-17)19-10-16-6-4-5-7-18(16)30-19/h4-7,10-12,14H,8-9,13H2,1-3H3,(H,24,29)(H,25,26,27). The Kier molecular flexibility index (Phi) is 6.36. The van der Waals surface area contributed by atoms with Gasteiger partial charge in [-0.15, -0.1) is 11.3 Å². The Morgan fingerprint density at radius 3 is 2.72 bits per heavy atom. The van der Waals surface area contributed by atoms with E-state index in [2.05, 4.69) is 25.6 Å². The maximum absolute atomic E-state index is 11.7. The SMILES string of the molecule is CC(C)(C)OC(=O)NCCc1cnc(NCc2csc(-c3cc4ccccc4o3)n2)nc1. The van der Waals surface area contributed by atoms with Crippen molar-refractivity contribution in [2.45, 2.75) is 39.3 Å². The maximum atomic E-state index is 11.7. The van der Waals surface area contributed by atoms with E-state index in [1.165, 1.54) is 11.3 Å². The van der Waals surface area contributed by atoms with Gasteiger partial charge < -0.3 is 19.8 Å². The molecule has 0 saturated heterocycles. The van der Waals surface area contributed by atoms with Crippen molar-refractivity contribution < 1.29 is 13.9 Å². The molecule has 166 valence electrons. The summed E-state index contributed by atoms with van der Waals surface area (Å²) in [5.74, 6) is 1.29. The summed E-state index contributed by atoms with van der Waals surface area (Å²) in [6.07, 6.45) is 3.67. The Balaban J connectivity index is 1.26. The molecule has 32 heavy (non-hydrogen) atoms. The number of benzene rings is 1. The van der Waals surface area contributed by atoms with Crippen LogP contribution in [0.15, 0.2) is 52.5 Å². The Hall–Kier alpha value is -3.46. The van der Waals surface area contributed by atoms with Gasteiger partial charge in [0.05, 0.1) is 12.2 Å². The average molecular weight is 452 g/mol. The molecule has 0 atom stereocenters. The Bertz CT molecular complexity index is 1160. The summed E-state index contributed by atoms with van der Waals surface area (Å²) < 4.78 is 11.1. The molecule has 9 heteroatoms. The van der Waals surface area contributed by atoms with Crippen molar-refractivity contribution in [3.8, 4) is 10.8 Å². The van der Waals surface area contributed by atoms with Crippen molar-refractivity contribution in [3.05, 3.63) is 59.4 Å². The molecule has 0 spiro atoms. The molecule has 0 saturated carbocycles. The molecule has 1 amide bonds. The summed E-state index contributed by atoms with van der Waals surface area (Å²) in [6, 6.07) is 9.92. The lowest BCUT2D eigenvalue weighted by Crippen LogP contribution is -2.33. The lowest BCUT2D eigenvalue weighted by atomic mass is 10.2. The predicted octanol–water partition coefficient (Wildman–Crippen LogP) is 5.03. The van der Waals surface area contributed by atoms with E-state index in [1.54, 1.807) is 12.4 Å². The van der Waals surface area contributed by atoms with E-state index < -0.39 is 11.7 Å². The molecule has 3 heterocycles. The highest BCUT2D eigenvalue weighted by Gasteiger charge is 2.15. The van der Waals surface area contributed by atoms with E-state index in [1.807, 2.05) is 56.5 Å². The summed E-state index contributed by atoms with van der Waals surface area (Å²) >= 11 is 1.54. The Labute approximate surface area is 190 Å². The minimum Gasteiger partial charge on any atom is -0.454 e. The largest absolute Gasteiger partial charge is 0.454 e. The number of nitrogens with zero attached hydrogens (tertiary/aromatic N) is 3. The third kappa shape index (κ3) is 5.82. The molecule has 0 aliphatic rings. The van der Waals surface area contributed by atoms with Crippen LogP contribution in [0.4, 0.5) is 10.7 Å². The highest BCUT2D eigenvalue weighted by Crippen LogP contribution is 2.30. The summed E-state index contributed by atoms with van der Waals surface area (Å²) in [4.78, 5) is 25.0. The topological polar surface area (TPSA) is 102 Å². The van der Waals surface area contributed by atoms with Crippen LogP contribution in [0.3, 0.4) is 0 Å². The lowest BCUT2D eigenvalue weighted by molar-refractivity contribution is 0.0528.